The van der Waals surface area contributed by atoms with Crippen molar-refractivity contribution in [2.24, 2.45) is 11.1 Å². The molecule has 1 aliphatic heterocycles. The van der Waals surface area contributed by atoms with Crippen LogP contribution in [0.5, 0.6) is 0 Å². The van der Waals surface area contributed by atoms with Crippen molar-refractivity contribution < 1.29 is 9.59 Å². The molecule has 0 aromatic carbocycles. The van der Waals surface area contributed by atoms with Gasteiger partial charge in [-0.05, 0) is 5.41 Å². The molecule has 1 unspecified atom stereocenters. The number of hydrogen-bond donors (Lipinski definition) is 1. The molecule has 0 aromatic heterocycles. The Bertz CT molecular complexity index is 355. The molecule has 0 aliphatic carbocycles. The summed E-state index contributed by atoms with van der Waals surface area (Å²) in [4.78, 5) is 29.4. The molecule has 6 heteroatoms. The summed E-state index contributed by atoms with van der Waals surface area (Å²) in [5.41, 5.74) is 5.79. The Morgan fingerprint density at radius 1 is 1.15 bits per heavy atom. The van der Waals surface area contributed by atoms with Gasteiger partial charge in [-0.25, -0.2) is 0 Å². The fourth-order valence-corrected chi connectivity index (χ4v) is 2.03. The van der Waals surface area contributed by atoms with Gasteiger partial charge in [0.1, 0.15) is 0 Å². The first-order chi connectivity index (χ1) is 9.12. The molecule has 0 radical (unpaired) electrons. The highest BCUT2D eigenvalue weighted by Crippen LogP contribution is 2.19. The van der Waals surface area contributed by atoms with Crippen LogP contribution >= 0.6 is 0 Å². The molecule has 1 saturated heterocycles. The summed E-state index contributed by atoms with van der Waals surface area (Å²) >= 11 is 0. The second kappa shape index (κ2) is 6.54. The van der Waals surface area contributed by atoms with Gasteiger partial charge in [0.05, 0.1) is 12.6 Å². The monoisotopic (exact) mass is 284 g/mol. The minimum absolute atomic E-state index is 0.0103. The van der Waals surface area contributed by atoms with Gasteiger partial charge < -0.3 is 15.5 Å². The highest BCUT2D eigenvalue weighted by molar-refractivity contribution is 5.82. The molecule has 1 aliphatic rings. The normalized spacial score (nSPS) is 18.8. The van der Waals surface area contributed by atoms with E-state index in [0.29, 0.717) is 19.6 Å². The standard InChI is InChI=1S/C14H28N4O2/c1-14(2,3)12(15)13(20)18-8-6-17(7-9-18)10-11(19)16(4)5/h12H,6-10,15H2,1-5H3. The number of nitrogens with zero attached hydrogens (tertiary/aromatic N) is 3. The lowest BCUT2D eigenvalue weighted by Crippen LogP contribution is -2.57. The number of carbonyl (C=O) groups excluding carboxylic acids is 2. The molecule has 0 spiro atoms. The highest BCUT2D eigenvalue weighted by Gasteiger charge is 2.32. The summed E-state index contributed by atoms with van der Waals surface area (Å²) in [6.45, 7) is 9.07. The molecule has 1 heterocycles. The van der Waals surface area contributed by atoms with Crippen LogP contribution in [0.25, 0.3) is 0 Å². The summed E-state index contributed by atoms with van der Waals surface area (Å²) in [5.74, 6) is 0.104. The smallest absolute Gasteiger partial charge is 0.240 e. The second-order valence-corrected chi connectivity index (χ2v) is 6.73. The summed E-state index contributed by atoms with van der Waals surface area (Å²) in [5, 5.41) is 0. The molecule has 0 bridgehead atoms. The molecule has 0 aromatic rings. The van der Waals surface area contributed by atoms with Crippen molar-refractivity contribution >= 4 is 11.8 Å². The highest BCUT2D eigenvalue weighted by atomic mass is 16.2. The van der Waals surface area contributed by atoms with E-state index in [1.165, 1.54) is 0 Å². The third-order valence-electron chi connectivity index (χ3n) is 3.74. The van der Waals surface area contributed by atoms with Crippen molar-refractivity contribution in [1.29, 1.82) is 0 Å². The Balaban J connectivity index is 2.46. The minimum atomic E-state index is -0.475. The van der Waals surface area contributed by atoms with E-state index in [2.05, 4.69) is 4.90 Å². The van der Waals surface area contributed by atoms with Gasteiger partial charge in [0.15, 0.2) is 0 Å². The van der Waals surface area contributed by atoms with E-state index in [-0.39, 0.29) is 17.2 Å². The van der Waals surface area contributed by atoms with Crippen LogP contribution in [0.1, 0.15) is 20.8 Å². The van der Waals surface area contributed by atoms with Gasteiger partial charge >= 0.3 is 0 Å². The van der Waals surface area contributed by atoms with Crippen LogP contribution in [-0.2, 0) is 9.59 Å². The van der Waals surface area contributed by atoms with Crippen LogP contribution < -0.4 is 5.73 Å². The van der Waals surface area contributed by atoms with Gasteiger partial charge in [-0.1, -0.05) is 20.8 Å². The van der Waals surface area contributed by atoms with Crippen LogP contribution in [-0.4, -0.2) is 79.4 Å². The largest absolute Gasteiger partial charge is 0.348 e. The number of piperazine rings is 1. The minimum Gasteiger partial charge on any atom is -0.348 e. The lowest BCUT2D eigenvalue weighted by molar-refractivity contribution is -0.137. The number of nitrogens with two attached hydrogens (primary N) is 1. The molecule has 1 atom stereocenters. The zero-order chi connectivity index (χ0) is 15.5. The predicted octanol–water partition coefficient (Wildman–Crippen LogP) is -0.408. The lowest BCUT2D eigenvalue weighted by Gasteiger charge is -2.38. The molecule has 2 N–H and O–H groups in total. The van der Waals surface area contributed by atoms with Crippen molar-refractivity contribution in [3.63, 3.8) is 0 Å². The maximum absolute atomic E-state index is 12.3. The predicted molar refractivity (Wildman–Crippen MR) is 79.1 cm³/mol. The van der Waals surface area contributed by atoms with E-state index < -0.39 is 6.04 Å². The van der Waals surface area contributed by atoms with E-state index in [4.69, 9.17) is 5.73 Å². The topological polar surface area (TPSA) is 69.9 Å². The first-order valence-electron chi connectivity index (χ1n) is 7.10. The number of amides is 2. The molecular formula is C14H28N4O2. The van der Waals surface area contributed by atoms with Gasteiger partial charge in [0, 0.05) is 40.3 Å². The van der Waals surface area contributed by atoms with Crippen molar-refractivity contribution in [3.8, 4) is 0 Å². The first-order valence-corrected chi connectivity index (χ1v) is 7.10. The molecule has 2 amide bonds. The Morgan fingerprint density at radius 3 is 2.05 bits per heavy atom. The van der Waals surface area contributed by atoms with E-state index in [0.717, 1.165) is 13.1 Å². The summed E-state index contributed by atoms with van der Waals surface area (Å²) in [6.07, 6.45) is 0. The van der Waals surface area contributed by atoms with Crippen molar-refractivity contribution in [1.82, 2.24) is 14.7 Å². The summed E-state index contributed by atoms with van der Waals surface area (Å²) in [6, 6.07) is -0.475. The van der Waals surface area contributed by atoms with E-state index in [1.54, 1.807) is 19.0 Å². The van der Waals surface area contributed by atoms with Crippen LogP contribution in [0.4, 0.5) is 0 Å². The zero-order valence-corrected chi connectivity index (χ0v) is 13.3. The summed E-state index contributed by atoms with van der Waals surface area (Å²) < 4.78 is 0. The second-order valence-electron chi connectivity index (χ2n) is 6.73. The van der Waals surface area contributed by atoms with E-state index >= 15 is 0 Å². The van der Waals surface area contributed by atoms with Gasteiger partial charge in [0.25, 0.3) is 0 Å². The number of hydrogen-bond acceptors (Lipinski definition) is 4. The molecule has 116 valence electrons. The third kappa shape index (κ3) is 4.45. The van der Waals surface area contributed by atoms with Crippen LogP contribution in [0.3, 0.4) is 0 Å². The molecule has 1 fully saturated rings. The van der Waals surface area contributed by atoms with E-state index in [9.17, 15) is 9.59 Å². The first kappa shape index (κ1) is 16.9. The van der Waals surface area contributed by atoms with Crippen LogP contribution in [0.15, 0.2) is 0 Å². The SMILES string of the molecule is CN(C)C(=O)CN1CCN(C(=O)C(N)C(C)(C)C)CC1. The van der Waals surface area contributed by atoms with Gasteiger partial charge in [-0.15, -0.1) is 0 Å². The van der Waals surface area contributed by atoms with Gasteiger partial charge in [0.2, 0.25) is 11.8 Å². The number of likely N-dealkylation sites (N-methyl/N-ethyl adjacent to an activating group) is 1. The van der Waals surface area contributed by atoms with Crippen LogP contribution in [0.2, 0.25) is 0 Å². The van der Waals surface area contributed by atoms with Crippen molar-refractivity contribution in [3.05, 3.63) is 0 Å². The Labute approximate surface area is 121 Å². The fraction of sp³-hybridized carbons (Fsp3) is 0.857. The average Bonchev–Trinajstić information content (AvgIpc) is 2.36. The fourth-order valence-electron chi connectivity index (χ4n) is 2.03. The third-order valence-corrected chi connectivity index (χ3v) is 3.74. The van der Waals surface area contributed by atoms with Gasteiger partial charge in [-0.3, -0.25) is 14.5 Å². The number of carbonyl (C=O) groups is 2. The summed E-state index contributed by atoms with van der Waals surface area (Å²) in [7, 11) is 3.51. The van der Waals surface area contributed by atoms with Crippen molar-refractivity contribution in [2.45, 2.75) is 26.8 Å². The maximum Gasteiger partial charge on any atom is 0.240 e. The van der Waals surface area contributed by atoms with Crippen LogP contribution in [0, 0.1) is 5.41 Å². The van der Waals surface area contributed by atoms with Crippen molar-refractivity contribution in [2.75, 3.05) is 46.8 Å². The quantitative estimate of drug-likeness (QED) is 0.765. The Hall–Kier alpha value is -1.14. The Kier molecular flexibility index (Phi) is 5.53. The molecular weight excluding hydrogens is 256 g/mol. The molecule has 0 saturated carbocycles. The maximum atomic E-state index is 12.3. The molecule has 6 nitrogen and oxygen atoms in total. The molecule has 20 heavy (non-hydrogen) atoms. The van der Waals surface area contributed by atoms with E-state index in [1.807, 2.05) is 25.7 Å². The lowest BCUT2D eigenvalue weighted by atomic mass is 9.86. The zero-order valence-electron chi connectivity index (χ0n) is 13.3. The number of rotatable bonds is 3. The average molecular weight is 284 g/mol. The molecule has 1 rings (SSSR count). The Morgan fingerprint density at radius 2 is 1.65 bits per heavy atom. The van der Waals surface area contributed by atoms with Gasteiger partial charge in [-0.2, -0.15) is 0 Å².